The molecule has 8 heteroatoms. The van der Waals surface area contributed by atoms with Crippen LogP contribution in [0.1, 0.15) is 56.9 Å². The number of amides is 2. The normalized spacial score (nSPS) is 17.5. The third-order valence-electron chi connectivity index (χ3n) is 8.95. The fourth-order valence-electron chi connectivity index (χ4n) is 6.27. The van der Waals surface area contributed by atoms with Crippen LogP contribution in [0.25, 0.3) is 10.9 Å². The Morgan fingerprint density at radius 2 is 1.83 bits per heavy atom. The van der Waals surface area contributed by atoms with Crippen molar-refractivity contribution in [3.8, 4) is 11.5 Å². The minimum atomic E-state index is -1.18. The van der Waals surface area contributed by atoms with Crippen LogP contribution in [0.3, 0.4) is 0 Å². The number of aromatic nitrogens is 2. The second kappa shape index (κ2) is 11.2. The highest BCUT2D eigenvalue weighted by Crippen LogP contribution is 2.67. The first kappa shape index (κ1) is 29.2. The lowest BCUT2D eigenvalue weighted by Crippen LogP contribution is -2.55. The first-order valence-electron chi connectivity index (χ1n) is 14.3. The molecular weight excluding hydrogens is 528 g/mol. The van der Waals surface area contributed by atoms with Gasteiger partial charge in [0.1, 0.15) is 17.0 Å². The van der Waals surface area contributed by atoms with Crippen molar-refractivity contribution in [2.45, 2.75) is 59.0 Å². The molecule has 1 aliphatic carbocycles. The molecule has 1 fully saturated rings. The summed E-state index contributed by atoms with van der Waals surface area (Å²) < 4.78 is 10.8. The molecule has 2 aromatic heterocycles. The van der Waals surface area contributed by atoms with Gasteiger partial charge in [0.25, 0.3) is 0 Å². The van der Waals surface area contributed by atoms with Gasteiger partial charge in [-0.25, -0.2) is 0 Å². The zero-order chi connectivity index (χ0) is 30.2. The van der Waals surface area contributed by atoms with E-state index in [0.29, 0.717) is 23.6 Å². The maximum atomic E-state index is 14.2. The first-order valence-corrected chi connectivity index (χ1v) is 14.3. The molecule has 1 saturated carbocycles. The number of hydrogen-bond acceptors (Lipinski definition) is 5. The highest BCUT2D eigenvalue weighted by molar-refractivity contribution is 6.01. The van der Waals surface area contributed by atoms with Gasteiger partial charge in [-0.2, -0.15) is 0 Å². The van der Waals surface area contributed by atoms with Gasteiger partial charge in [0.15, 0.2) is 0 Å². The molecule has 42 heavy (non-hydrogen) atoms. The minimum absolute atomic E-state index is 0.0613. The van der Waals surface area contributed by atoms with E-state index in [1.807, 2.05) is 18.2 Å². The number of carbonyl (C=O) groups excluding carboxylic acids is 2. The van der Waals surface area contributed by atoms with E-state index in [-0.39, 0.29) is 35.6 Å². The van der Waals surface area contributed by atoms with E-state index >= 15 is 0 Å². The van der Waals surface area contributed by atoms with Crippen molar-refractivity contribution in [2.24, 2.45) is 11.3 Å². The number of H-pyrrole nitrogens is 1. The predicted molar refractivity (Wildman–Crippen MR) is 165 cm³/mol. The van der Waals surface area contributed by atoms with Gasteiger partial charge in [0, 0.05) is 48.0 Å². The number of ether oxygens (including phenoxy) is 2. The lowest BCUT2D eigenvalue weighted by molar-refractivity contribution is -0.145. The molecule has 220 valence electrons. The molecule has 2 amide bonds. The molecule has 0 radical (unpaired) electrons. The van der Waals surface area contributed by atoms with Gasteiger partial charge in [-0.3, -0.25) is 14.6 Å². The van der Waals surface area contributed by atoms with Gasteiger partial charge in [-0.05, 0) is 73.4 Å². The lowest BCUT2D eigenvalue weighted by Gasteiger charge is -2.38. The maximum Gasteiger partial charge on any atom is 0.249 e. The van der Waals surface area contributed by atoms with E-state index in [0.717, 1.165) is 16.8 Å². The third-order valence-corrected chi connectivity index (χ3v) is 8.95. The summed E-state index contributed by atoms with van der Waals surface area (Å²) in [6.45, 7) is 10.4. The van der Waals surface area contributed by atoms with Crippen LogP contribution in [0.4, 0.5) is 5.69 Å². The molecular formula is C34H40N4O4. The van der Waals surface area contributed by atoms with Crippen molar-refractivity contribution in [1.29, 1.82) is 0 Å². The summed E-state index contributed by atoms with van der Waals surface area (Å²) in [4.78, 5) is 37.5. The van der Waals surface area contributed by atoms with E-state index in [2.05, 4.69) is 54.3 Å². The fourth-order valence-corrected chi connectivity index (χ4v) is 6.27. The SMILES string of the molecule is COc1ccc(NC(=O)C(C)(C)N(Cc2cccnc2)C(=O)C[C@H]2[C@H](c3c(C)[nH]c4ccccc34)C2(C)C)c(OC)c1. The molecule has 0 unspecified atom stereocenters. The molecule has 2 atom stereocenters. The smallest absolute Gasteiger partial charge is 0.249 e. The number of carbonyl (C=O) groups is 2. The largest absolute Gasteiger partial charge is 0.497 e. The van der Waals surface area contributed by atoms with Crippen LogP contribution >= 0.6 is 0 Å². The molecule has 5 rings (SSSR count). The van der Waals surface area contributed by atoms with Crippen molar-refractivity contribution in [3.63, 3.8) is 0 Å². The highest BCUT2D eigenvalue weighted by atomic mass is 16.5. The number of para-hydroxylation sites is 1. The van der Waals surface area contributed by atoms with E-state index in [1.165, 1.54) is 18.1 Å². The summed E-state index contributed by atoms with van der Waals surface area (Å²) in [5.74, 6) is 1.07. The number of rotatable bonds is 10. The number of aromatic amines is 1. The number of nitrogens with zero attached hydrogens (tertiary/aromatic N) is 2. The van der Waals surface area contributed by atoms with Gasteiger partial charge in [0.05, 0.1) is 19.9 Å². The van der Waals surface area contributed by atoms with Crippen molar-refractivity contribution in [1.82, 2.24) is 14.9 Å². The van der Waals surface area contributed by atoms with Crippen molar-refractivity contribution < 1.29 is 19.1 Å². The molecule has 0 bridgehead atoms. The molecule has 2 heterocycles. The average molecular weight is 569 g/mol. The lowest BCUT2D eigenvalue weighted by atomic mass is 9.98. The molecule has 4 aromatic rings. The number of nitrogens with one attached hydrogen (secondary N) is 2. The van der Waals surface area contributed by atoms with Crippen LogP contribution in [0, 0.1) is 18.3 Å². The Hall–Kier alpha value is -4.33. The molecule has 1 aliphatic rings. The molecule has 0 aliphatic heterocycles. The Balaban J connectivity index is 1.42. The quantitative estimate of drug-likeness (QED) is 0.229. The van der Waals surface area contributed by atoms with Crippen LogP contribution in [-0.4, -0.2) is 46.4 Å². The van der Waals surface area contributed by atoms with Crippen molar-refractivity contribution in [2.75, 3.05) is 19.5 Å². The van der Waals surface area contributed by atoms with Gasteiger partial charge < -0.3 is 24.7 Å². The molecule has 0 spiro atoms. The number of pyridine rings is 1. The Kier molecular flexibility index (Phi) is 7.75. The van der Waals surface area contributed by atoms with Gasteiger partial charge in [-0.15, -0.1) is 0 Å². The average Bonchev–Trinajstić information content (AvgIpc) is 3.32. The van der Waals surface area contributed by atoms with Gasteiger partial charge in [-0.1, -0.05) is 38.1 Å². The van der Waals surface area contributed by atoms with Crippen LogP contribution in [-0.2, 0) is 16.1 Å². The molecule has 2 aromatic carbocycles. The monoisotopic (exact) mass is 568 g/mol. The van der Waals surface area contributed by atoms with Crippen molar-refractivity contribution >= 4 is 28.4 Å². The topological polar surface area (TPSA) is 96.5 Å². The van der Waals surface area contributed by atoms with Gasteiger partial charge in [0.2, 0.25) is 11.8 Å². The number of aryl methyl sites for hydroxylation is 1. The van der Waals surface area contributed by atoms with Crippen LogP contribution < -0.4 is 14.8 Å². The third kappa shape index (κ3) is 5.33. The van der Waals surface area contributed by atoms with E-state index in [1.54, 1.807) is 56.4 Å². The zero-order valence-electron chi connectivity index (χ0n) is 25.4. The number of benzene rings is 2. The highest BCUT2D eigenvalue weighted by Gasteiger charge is 2.60. The van der Waals surface area contributed by atoms with E-state index in [4.69, 9.17) is 9.47 Å². The molecule has 8 nitrogen and oxygen atoms in total. The zero-order valence-corrected chi connectivity index (χ0v) is 25.4. The van der Waals surface area contributed by atoms with Crippen LogP contribution in [0.15, 0.2) is 67.0 Å². The second-order valence-corrected chi connectivity index (χ2v) is 12.2. The summed E-state index contributed by atoms with van der Waals surface area (Å²) >= 11 is 0. The molecule has 0 saturated heterocycles. The van der Waals surface area contributed by atoms with E-state index in [9.17, 15) is 9.59 Å². The van der Waals surface area contributed by atoms with Gasteiger partial charge >= 0.3 is 0 Å². The Bertz CT molecular complexity index is 1610. The summed E-state index contributed by atoms with van der Waals surface area (Å²) in [6, 6.07) is 17.3. The predicted octanol–water partition coefficient (Wildman–Crippen LogP) is 6.46. The summed E-state index contributed by atoms with van der Waals surface area (Å²) in [5, 5.41) is 4.20. The first-order chi connectivity index (χ1) is 20.0. The van der Waals surface area contributed by atoms with Crippen molar-refractivity contribution in [3.05, 3.63) is 83.8 Å². The molecule has 2 N–H and O–H groups in total. The number of anilines is 1. The summed E-state index contributed by atoms with van der Waals surface area (Å²) in [5.41, 5.74) is 3.66. The van der Waals surface area contributed by atoms with Crippen LogP contribution in [0.2, 0.25) is 0 Å². The van der Waals surface area contributed by atoms with Crippen LogP contribution in [0.5, 0.6) is 11.5 Å². The maximum absolute atomic E-state index is 14.2. The number of hydrogen-bond donors (Lipinski definition) is 2. The minimum Gasteiger partial charge on any atom is -0.497 e. The number of fused-ring (bicyclic) bond motifs is 1. The second-order valence-electron chi connectivity index (χ2n) is 12.2. The Morgan fingerprint density at radius 1 is 1.07 bits per heavy atom. The number of methoxy groups -OCH3 is 2. The standard InChI is InChI=1S/C34H40N4O4/c1-21-30(24-12-8-9-13-26(24)36-21)31-25(33(31,2)3)18-29(39)38(20-22-11-10-16-35-19-22)34(4,5)32(40)37-27-15-14-23(41-6)17-28(27)42-7/h8-17,19,25,31,36H,18,20H2,1-7H3,(H,37,40)/t25-,31+/m0/s1. The fraction of sp³-hybridized carbons (Fsp3) is 0.382. The Morgan fingerprint density at radius 3 is 2.52 bits per heavy atom. The summed E-state index contributed by atoms with van der Waals surface area (Å²) in [6.07, 6.45) is 3.77. The summed E-state index contributed by atoms with van der Waals surface area (Å²) in [7, 11) is 3.11. The van der Waals surface area contributed by atoms with E-state index < -0.39 is 5.54 Å². The Labute approximate surface area is 247 Å².